The molecule has 0 amide bonds. The SMILES string of the molecule is COC(=O)c1nn(CN2CCCC2Cc2ccccc2Cl)c(=O)c2noc(C)c12. The Morgan fingerprint density at radius 1 is 1.38 bits per heavy atom. The Kier molecular flexibility index (Phi) is 5.38. The van der Waals surface area contributed by atoms with Crippen molar-refractivity contribution >= 4 is 28.5 Å². The van der Waals surface area contributed by atoms with E-state index in [1.807, 2.05) is 24.3 Å². The Bertz CT molecular complexity index is 1120. The summed E-state index contributed by atoms with van der Waals surface area (Å²) in [5.74, 6) is -0.279. The van der Waals surface area contributed by atoms with E-state index >= 15 is 0 Å². The van der Waals surface area contributed by atoms with Gasteiger partial charge >= 0.3 is 5.97 Å². The summed E-state index contributed by atoms with van der Waals surface area (Å²) in [6.45, 7) is 2.71. The van der Waals surface area contributed by atoms with Crippen LogP contribution in [0.1, 0.15) is 34.7 Å². The van der Waals surface area contributed by atoms with Crippen molar-refractivity contribution in [2.75, 3.05) is 13.7 Å². The van der Waals surface area contributed by atoms with E-state index in [0.29, 0.717) is 11.1 Å². The van der Waals surface area contributed by atoms with Gasteiger partial charge in [-0.3, -0.25) is 9.69 Å². The van der Waals surface area contributed by atoms with Crippen LogP contribution in [0.4, 0.5) is 0 Å². The second kappa shape index (κ2) is 7.96. The van der Waals surface area contributed by atoms with Crippen LogP contribution >= 0.6 is 11.6 Å². The fraction of sp³-hybridized carbons (Fsp3) is 0.400. The van der Waals surface area contributed by atoms with E-state index in [1.54, 1.807) is 6.92 Å². The van der Waals surface area contributed by atoms with Crippen molar-refractivity contribution in [1.82, 2.24) is 19.8 Å². The van der Waals surface area contributed by atoms with Crippen molar-refractivity contribution in [3.8, 4) is 0 Å². The average molecular weight is 417 g/mol. The Morgan fingerprint density at radius 3 is 2.93 bits per heavy atom. The molecule has 1 aromatic carbocycles. The molecule has 3 aromatic rings. The molecule has 1 atom stereocenters. The first-order valence-corrected chi connectivity index (χ1v) is 9.80. The van der Waals surface area contributed by atoms with Crippen molar-refractivity contribution in [3.63, 3.8) is 0 Å². The summed E-state index contributed by atoms with van der Waals surface area (Å²) in [4.78, 5) is 27.3. The van der Waals surface area contributed by atoms with Crippen LogP contribution in [-0.2, 0) is 17.8 Å². The van der Waals surface area contributed by atoms with Crippen molar-refractivity contribution in [2.45, 2.75) is 38.9 Å². The second-order valence-electron chi connectivity index (χ2n) is 7.15. The molecule has 1 aliphatic heterocycles. The van der Waals surface area contributed by atoms with Gasteiger partial charge < -0.3 is 9.26 Å². The molecule has 0 radical (unpaired) electrons. The molecule has 8 nitrogen and oxygen atoms in total. The van der Waals surface area contributed by atoms with E-state index in [0.717, 1.165) is 36.4 Å². The molecule has 0 aliphatic carbocycles. The first kappa shape index (κ1) is 19.6. The zero-order valence-corrected chi connectivity index (χ0v) is 17.0. The van der Waals surface area contributed by atoms with Crippen LogP contribution in [0.3, 0.4) is 0 Å². The fourth-order valence-electron chi connectivity index (χ4n) is 3.87. The highest BCUT2D eigenvalue weighted by atomic mass is 35.5. The van der Waals surface area contributed by atoms with E-state index in [4.69, 9.17) is 20.9 Å². The number of hydrogen-bond donors (Lipinski definition) is 0. The number of benzene rings is 1. The molecular formula is C20H21ClN4O4. The van der Waals surface area contributed by atoms with Crippen LogP contribution in [0.15, 0.2) is 33.6 Å². The van der Waals surface area contributed by atoms with Gasteiger partial charge in [-0.2, -0.15) is 5.10 Å². The molecule has 2 aromatic heterocycles. The molecule has 4 rings (SSSR count). The summed E-state index contributed by atoms with van der Waals surface area (Å²) >= 11 is 6.32. The lowest BCUT2D eigenvalue weighted by Gasteiger charge is -2.25. The van der Waals surface area contributed by atoms with E-state index in [1.165, 1.54) is 11.8 Å². The average Bonchev–Trinajstić information content (AvgIpc) is 3.32. The number of carbonyl (C=O) groups is 1. The number of hydrogen-bond acceptors (Lipinski definition) is 7. The van der Waals surface area contributed by atoms with Gasteiger partial charge in [0.1, 0.15) is 5.76 Å². The number of aromatic nitrogens is 3. The maximum Gasteiger partial charge on any atom is 0.359 e. The van der Waals surface area contributed by atoms with Crippen molar-refractivity contribution in [2.24, 2.45) is 0 Å². The minimum absolute atomic E-state index is 0.0303. The number of fused-ring (bicyclic) bond motifs is 1. The van der Waals surface area contributed by atoms with E-state index < -0.39 is 11.5 Å². The number of aryl methyl sites for hydroxylation is 1. The van der Waals surface area contributed by atoms with Gasteiger partial charge in [0.25, 0.3) is 5.56 Å². The van der Waals surface area contributed by atoms with Gasteiger partial charge in [-0.05, 0) is 37.8 Å². The Morgan fingerprint density at radius 2 is 2.17 bits per heavy atom. The standard InChI is InChI=1S/C20H21ClN4O4/c1-12-16-17(23-29-12)19(26)25(22-18(16)20(27)28-2)11-24-9-5-7-14(24)10-13-6-3-4-8-15(13)21/h3-4,6,8,14H,5,7,9-11H2,1-2H3. The molecular weight excluding hydrogens is 396 g/mol. The van der Waals surface area contributed by atoms with Crippen LogP contribution in [0, 0.1) is 6.92 Å². The molecule has 0 N–H and O–H groups in total. The largest absolute Gasteiger partial charge is 0.464 e. The molecule has 0 saturated carbocycles. The molecule has 0 bridgehead atoms. The lowest BCUT2D eigenvalue weighted by molar-refractivity contribution is 0.0591. The molecule has 1 saturated heterocycles. The third-order valence-corrected chi connectivity index (χ3v) is 5.73. The van der Waals surface area contributed by atoms with E-state index in [9.17, 15) is 9.59 Å². The fourth-order valence-corrected chi connectivity index (χ4v) is 4.09. The highest BCUT2D eigenvalue weighted by Crippen LogP contribution is 2.25. The van der Waals surface area contributed by atoms with Gasteiger partial charge in [0, 0.05) is 17.6 Å². The zero-order valence-electron chi connectivity index (χ0n) is 16.2. The van der Waals surface area contributed by atoms with Crippen molar-refractivity contribution < 1.29 is 14.1 Å². The summed E-state index contributed by atoms with van der Waals surface area (Å²) < 4.78 is 11.2. The van der Waals surface area contributed by atoms with Crippen molar-refractivity contribution in [3.05, 3.63) is 56.7 Å². The van der Waals surface area contributed by atoms with Gasteiger partial charge in [0.05, 0.1) is 19.2 Å². The van der Waals surface area contributed by atoms with Gasteiger partial charge in [0.15, 0.2) is 11.2 Å². The Hall–Kier alpha value is -2.71. The topological polar surface area (TPSA) is 90.5 Å². The highest BCUT2D eigenvalue weighted by Gasteiger charge is 2.28. The number of ether oxygens (including phenoxy) is 1. The number of methoxy groups -OCH3 is 1. The third kappa shape index (κ3) is 3.65. The molecule has 0 spiro atoms. The number of rotatable bonds is 5. The lowest BCUT2D eigenvalue weighted by Crippen LogP contribution is -2.38. The molecule has 1 unspecified atom stereocenters. The summed E-state index contributed by atoms with van der Waals surface area (Å²) in [7, 11) is 1.27. The summed E-state index contributed by atoms with van der Waals surface area (Å²) in [6, 6.07) is 8.00. The predicted octanol–water partition coefficient (Wildman–Crippen LogP) is 2.80. The summed E-state index contributed by atoms with van der Waals surface area (Å²) in [6.07, 6.45) is 2.79. The maximum atomic E-state index is 12.9. The van der Waals surface area contributed by atoms with Gasteiger partial charge in [-0.15, -0.1) is 0 Å². The second-order valence-corrected chi connectivity index (χ2v) is 7.56. The molecule has 1 aliphatic rings. The normalized spacial score (nSPS) is 17.1. The number of likely N-dealkylation sites (tertiary alicyclic amines) is 1. The summed E-state index contributed by atoms with van der Waals surface area (Å²) in [5.41, 5.74) is 0.791. The first-order valence-electron chi connectivity index (χ1n) is 9.42. The van der Waals surface area contributed by atoms with Crippen LogP contribution in [0.2, 0.25) is 5.02 Å². The highest BCUT2D eigenvalue weighted by molar-refractivity contribution is 6.31. The molecule has 29 heavy (non-hydrogen) atoms. The number of halogens is 1. The predicted molar refractivity (Wildman–Crippen MR) is 107 cm³/mol. The van der Waals surface area contributed by atoms with Crippen molar-refractivity contribution in [1.29, 1.82) is 0 Å². The quantitative estimate of drug-likeness (QED) is 0.590. The van der Waals surface area contributed by atoms with Crippen LogP contribution in [0.25, 0.3) is 10.9 Å². The number of esters is 1. The van der Waals surface area contributed by atoms with Gasteiger partial charge in [-0.1, -0.05) is 35.0 Å². The minimum Gasteiger partial charge on any atom is -0.464 e. The van der Waals surface area contributed by atoms with Gasteiger partial charge in [-0.25, -0.2) is 9.48 Å². The molecule has 9 heteroatoms. The van der Waals surface area contributed by atoms with Crippen LogP contribution in [0.5, 0.6) is 0 Å². The monoisotopic (exact) mass is 416 g/mol. The minimum atomic E-state index is -0.635. The molecule has 152 valence electrons. The zero-order chi connectivity index (χ0) is 20.5. The first-order chi connectivity index (χ1) is 14.0. The third-order valence-electron chi connectivity index (χ3n) is 5.36. The Balaban J connectivity index is 1.66. The maximum absolute atomic E-state index is 12.9. The summed E-state index contributed by atoms with van der Waals surface area (Å²) in [5, 5.41) is 9.16. The number of carbonyl (C=O) groups excluding carboxylic acids is 1. The smallest absolute Gasteiger partial charge is 0.359 e. The van der Waals surface area contributed by atoms with Crippen LogP contribution in [-0.4, -0.2) is 45.5 Å². The number of nitrogens with zero attached hydrogens (tertiary/aromatic N) is 4. The molecule has 3 heterocycles. The molecule has 1 fully saturated rings. The Labute approximate surface area is 172 Å². The van der Waals surface area contributed by atoms with Crippen LogP contribution < -0.4 is 5.56 Å². The van der Waals surface area contributed by atoms with E-state index in [2.05, 4.69) is 15.2 Å². The van der Waals surface area contributed by atoms with E-state index in [-0.39, 0.29) is 23.9 Å². The van der Waals surface area contributed by atoms with Gasteiger partial charge in [0.2, 0.25) is 0 Å². The lowest BCUT2D eigenvalue weighted by atomic mass is 10.0.